The minimum Gasteiger partial charge on any atom is -0.322 e. The molecule has 1 aliphatic heterocycles. The predicted molar refractivity (Wildman–Crippen MR) is 115 cm³/mol. The summed E-state index contributed by atoms with van der Waals surface area (Å²) in [5.74, 6) is -0.739. The van der Waals surface area contributed by atoms with Gasteiger partial charge in [0.1, 0.15) is 5.82 Å². The molecule has 1 aliphatic rings. The molecule has 0 atom stereocenters. The van der Waals surface area contributed by atoms with Crippen LogP contribution in [0.5, 0.6) is 0 Å². The number of nitrogens with zero attached hydrogens (tertiary/aromatic N) is 1. The number of halogens is 2. The van der Waals surface area contributed by atoms with Gasteiger partial charge in [-0.25, -0.2) is 4.39 Å². The molecule has 0 saturated heterocycles. The Hall–Kier alpha value is -2.99. The molecule has 3 aromatic rings. The Morgan fingerprint density at radius 2 is 1.62 bits per heavy atom. The van der Waals surface area contributed by atoms with E-state index in [0.717, 1.165) is 28.6 Å². The second-order valence-electron chi connectivity index (χ2n) is 6.87. The van der Waals surface area contributed by atoms with Crippen LogP contribution < -0.4 is 10.2 Å². The first-order valence-corrected chi connectivity index (χ1v) is 10.1. The van der Waals surface area contributed by atoms with E-state index < -0.39 is 0 Å². The van der Waals surface area contributed by atoms with Gasteiger partial charge in [0.25, 0.3) is 11.8 Å². The maximum Gasteiger partial charge on any atom is 0.258 e. The summed E-state index contributed by atoms with van der Waals surface area (Å²) in [6, 6.07) is 18.3. The van der Waals surface area contributed by atoms with Crippen LogP contribution in [0.15, 0.2) is 71.2 Å². The highest BCUT2D eigenvalue weighted by molar-refractivity contribution is 9.10. The number of fused-ring (bicyclic) bond motifs is 1. The third-order valence-corrected chi connectivity index (χ3v) is 5.43. The minimum absolute atomic E-state index is 0.169. The molecule has 2 amide bonds. The molecular formula is C23H18BrFN2O2. The van der Waals surface area contributed by atoms with Gasteiger partial charge >= 0.3 is 0 Å². The van der Waals surface area contributed by atoms with Crippen molar-refractivity contribution in [2.24, 2.45) is 0 Å². The van der Waals surface area contributed by atoms with Crippen LogP contribution in [0.2, 0.25) is 0 Å². The fourth-order valence-corrected chi connectivity index (χ4v) is 3.70. The predicted octanol–water partition coefficient (Wildman–Crippen LogP) is 5.43. The number of amides is 2. The standard InChI is InChI=1S/C23H18BrFN2O2/c24-18-6-10-20(11-7-18)26-22(28)17-5-12-21-16(14-17)2-1-13-27(21)23(29)15-3-8-19(25)9-4-15/h3-12,14H,1-2,13H2,(H,26,28). The van der Waals surface area contributed by atoms with Crippen LogP contribution in [-0.2, 0) is 6.42 Å². The number of carbonyl (C=O) groups is 2. The van der Waals surface area contributed by atoms with E-state index in [1.165, 1.54) is 24.3 Å². The van der Waals surface area contributed by atoms with Crippen molar-refractivity contribution >= 4 is 39.1 Å². The van der Waals surface area contributed by atoms with E-state index in [9.17, 15) is 14.0 Å². The molecule has 0 bridgehead atoms. The molecule has 4 rings (SSSR count). The molecule has 1 N–H and O–H groups in total. The average Bonchev–Trinajstić information content (AvgIpc) is 2.74. The van der Waals surface area contributed by atoms with Gasteiger partial charge < -0.3 is 10.2 Å². The molecule has 4 nitrogen and oxygen atoms in total. The summed E-state index contributed by atoms with van der Waals surface area (Å²) in [6.07, 6.45) is 1.60. The van der Waals surface area contributed by atoms with Crippen LogP contribution in [0.1, 0.15) is 32.7 Å². The Morgan fingerprint density at radius 1 is 0.931 bits per heavy atom. The Balaban J connectivity index is 1.56. The normalized spacial score (nSPS) is 13.0. The number of rotatable bonds is 3. The van der Waals surface area contributed by atoms with Gasteiger partial charge in [0.2, 0.25) is 0 Å². The second kappa shape index (κ2) is 8.17. The first kappa shape index (κ1) is 19.3. The van der Waals surface area contributed by atoms with Gasteiger partial charge in [-0.3, -0.25) is 9.59 Å². The van der Waals surface area contributed by atoms with E-state index in [4.69, 9.17) is 0 Å². The van der Waals surface area contributed by atoms with Crippen molar-refractivity contribution in [1.29, 1.82) is 0 Å². The summed E-state index contributed by atoms with van der Waals surface area (Å²) < 4.78 is 14.1. The lowest BCUT2D eigenvalue weighted by atomic mass is 9.98. The summed E-state index contributed by atoms with van der Waals surface area (Å²) in [5.41, 5.74) is 3.45. The number of hydrogen-bond acceptors (Lipinski definition) is 2. The van der Waals surface area contributed by atoms with Gasteiger partial charge in [-0.1, -0.05) is 15.9 Å². The van der Waals surface area contributed by atoms with Crippen LogP contribution in [-0.4, -0.2) is 18.4 Å². The maximum absolute atomic E-state index is 13.2. The van der Waals surface area contributed by atoms with Crippen LogP contribution in [0.25, 0.3) is 0 Å². The molecule has 0 aliphatic carbocycles. The van der Waals surface area contributed by atoms with Crippen molar-refractivity contribution in [1.82, 2.24) is 0 Å². The number of anilines is 2. The molecule has 0 unspecified atom stereocenters. The summed E-state index contributed by atoms with van der Waals surface area (Å²) in [6.45, 7) is 0.591. The van der Waals surface area contributed by atoms with E-state index in [2.05, 4.69) is 21.2 Å². The molecule has 0 spiro atoms. The molecular weight excluding hydrogens is 435 g/mol. The van der Waals surface area contributed by atoms with E-state index >= 15 is 0 Å². The molecule has 0 radical (unpaired) electrons. The zero-order chi connectivity index (χ0) is 20.4. The highest BCUT2D eigenvalue weighted by atomic mass is 79.9. The minimum atomic E-state index is -0.373. The number of nitrogens with one attached hydrogen (secondary N) is 1. The SMILES string of the molecule is O=C(Nc1ccc(Br)cc1)c1ccc2c(c1)CCCN2C(=O)c1ccc(F)cc1. The van der Waals surface area contributed by atoms with Gasteiger partial charge in [-0.15, -0.1) is 0 Å². The Kier molecular flexibility index (Phi) is 5.45. The van der Waals surface area contributed by atoms with Crippen LogP contribution in [0.3, 0.4) is 0 Å². The quantitative estimate of drug-likeness (QED) is 0.575. The number of carbonyl (C=O) groups excluding carboxylic acids is 2. The van der Waals surface area contributed by atoms with Gasteiger partial charge in [-0.2, -0.15) is 0 Å². The largest absolute Gasteiger partial charge is 0.322 e. The maximum atomic E-state index is 13.2. The fourth-order valence-electron chi connectivity index (χ4n) is 3.43. The zero-order valence-corrected chi connectivity index (χ0v) is 17.1. The third kappa shape index (κ3) is 4.22. The molecule has 0 aromatic heterocycles. The van der Waals surface area contributed by atoms with Crippen LogP contribution in [0, 0.1) is 5.82 Å². The highest BCUT2D eigenvalue weighted by Crippen LogP contribution is 2.30. The monoisotopic (exact) mass is 452 g/mol. The lowest BCUT2D eigenvalue weighted by Gasteiger charge is -2.30. The van der Waals surface area contributed by atoms with E-state index in [1.807, 2.05) is 36.4 Å². The molecule has 6 heteroatoms. The van der Waals surface area contributed by atoms with Crippen molar-refractivity contribution in [3.05, 3.63) is 93.7 Å². The Labute approximate surface area is 176 Å². The van der Waals surface area contributed by atoms with E-state index in [-0.39, 0.29) is 17.6 Å². The summed E-state index contributed by atoms with van der Waals surface area (Å²) in [5, 5.41) is 2.88. The van der Waals surface area contributed by atoms with Crippen molar-refractivity contribution in [2.45, 2.75) is 12.8 Å². The lowest BCUT2D eigenvalue weighted by Crippen LogP contribution is -2.35. The fraction of sp³-hybridized carbons (Fsp3) is 0.130. The highest BCUT2D eigenvalue weighted by Gasteiger charge is 2.24. The van der Waals surface area contributed by atoms with Gasteiger partial charge in [-0.05, 0) is 85.1 Å². The van der Waals surface area contributed by atoms with Gasteiger partial charge in [0, 0.05) is 33.5 Å². The van der Waals surface area contributed by atoms with E-state index in [1.54, 1.807) is 11.0 Å². The van der Waals surface area contributed by atoms with Crippen molar-refractivity contribution in [3.8, 4) is 0 Å². The van der Waals surface area contributed by atoms with Crippen molar-refractivity contribution in [2.75, 3.05) is 16.8 Å². The molecule has 0 fully saturated rings. The van der Waals surface area contributed by atoms with Gasteiger partial charge in [0.15, 0.2) is 0 Å². The van der Waals surface area contributed by atoms with Crippen molar-refractivity contribution < 1.29 is 14.0 Å². The summed E-state index contributed by atoms with van der Waals surface area (Å²) in [4.78, 5) is 27.2. The lowest BCUT2D eigenvalue weighted by molar-refractivity contribution is 0.0984. The smallest absolute Gasteiger partial charge is 0.258 e. The number of aryl methyl sites for hydroxylation is 1. The molecule has 146 valence electrons. The Morgan fingerprint density at radius 3 is 2.34 bits per heavy atom. The first-order chi connectivity index (χ1) is 14.0. The van der Waals surface area contributed by atoms with E-state index in [0.29, 0.717) is 23.4 Å². The summed E-state index contributed by atoms with van der Waals surface area (Å²) >= 11 is 3.37. The molecule has 1 heterocycles. The van der Waals surface area contributed by atoms with Crippen molar-refractivity contribution in [3.63, 3.8) is 0 Å². The third-order valence-electron chi connectivity index (χ3n) is 4.90. The zero-order valence-electron chi connectivity index (χ0n) is 15.5. The number of hydrogen-bond donors (Lipinski definition) is 1. The average molecular weight is 453 g/mol. The number of benzene rings is 3. The second-order valence-corrected chi connectivity index (χ2v) is 7.79. The van der Waals surface area contributed by atoms with Crippen LogP contribution in [0.4, 0.5) is 15.8 Å². The molecule has 3 aromatic carbocycles. The Bertz CT molecular complexity index is 1070. The van der Waals surface area contributed by atoms with Gasteiger partial charge in [0.05, 0.1) is 0 Å². The molecule has 0 saturated carbocycles. The summed E-state index contributed by atoms with van der Waals surface area (Å²) in [7, 11) is 0. The topological polar surface area (TPSA) is 49.4 Å². The first-order valence-electron chi connectivity index (χ1n) is 9.28. The van der Waals surface area contributed by atoms with Crippen LogP contribution >= 0.6 is 15.9 Å². The molecule has 29 heavy (non-hydrogen) atoms.